The molecule has 1 aliphatic heterocycles. The minimum absolute atomic E-state index is 0.254. The highest BCUT2D eigenvalue weighted by molar-refractivity contribution is 9.10. The molecule has 3 unspecified atom stereocenters. The van der Waals surface area contributed by atoms with E-state index in [-0.39, 0.29) is 5.78 Å². The summed E-state index contributed by atoms with van der Waals surface area (Å²) in [5, 5.41) is 1.82. The number of esters is 2. The predicted octanol–water partition coefficient (Wildman–Crippen LogP) is 5.06. The second kappa shape index (κ2) is 6.76. The third-order valence-electron chi connectivity index (χ3n) is 6.87. The van der Waals surface area contributed by atoms with E-state index in [0.29, 0.717) is 17.7 Å². The SMILES string of the molecule is CCC1(C(=O)c2ccc(Br)cc2)C2c3c(ccc4ccccc34)OC(=O)C21C(=O)OC. The van der Waals surface area contributed by atoms with Crippen molar-refractivity contribution < 1.29 is 23.9 Å². The Balaban J connectivity index is 1.81. The summed E-state index contributed by atoms with van der Waals surface area (Å²) < 4.78 is 11.6. The molecule has 0 radical (unpaired) electrons. The van der Waals surface area contributed by atoms with Gasteiger partial charge in [0.1, 0.15) is 5.75 Å². The molecule has 156 valence electrons. The number of benzene rings is 3. The fraction of sp³-hybridized carbons (Fsp3) is 0.240. The maximum atomic E-state index is 13.9. The molecule has 31 heavy (non-hydrogen) atoms. The summed E-state index contributed by atoms with van der Waals surface area (Å²) in [4.78, 5) is 40.4. The Hall–Kier alpha value is -2.99. The van der Waals surface area contributed by atoms with Crippen molar-refractivity contribution in [2.45, 2.75) is 19.3 Å². The van der Waals surface area contributed by atoms with Crippen LogP contribution in [-0.2, 0) is 14.3 Å². The zero-order chi connectivity index (χ0) is 22.0. The molecule has 5 rings (SSSR count). The number of halogens is 1. The van der Waals surface area contributed by atoms with Gasteiger partial charge in [-0.25, -0.2) is 0 Å². The number of hydrogen-bond donors (Lipinski definition) is 0. The van der Waals surface area contributed by atoms with Crippen molar-refractivity contribution in [3.05, 3.63) is 76.3 Å². The lowest BCUT2D eigenvalue weighted by Crippen LogP contribution is -2.40. The zero-order valence-corrected chi connectivity index (χ0v) is 18.6. The molecule has 0 amide bonds. The van der Waals surface area contributed by atoms with Gasteiger partial charge in [-0.3, -0.25) is 14.4 Å². The Morgan fingerprint density at radius 1 is 1.06 bits per heavy atom. The summed E-state index contributed by atoms with van der Waals surface area (Å²) in [6, 6.07) is 18.3. The number of methoxy groups -OCH3 is 1. The molecule has 3 atom stereocenters. The fourth-order valence-corrected chi connectivity index (χ4v) is 5.76. The highest BCUT2D eigenvalue weighted by Crippen LogP contribution is 2.80. The van der Waals surface area contributed by atoms with Gasteiger partial charge in [0.25, 0.3) is 0 Å². The molecule has 0 aromatic heterocycles. The average Bonchev–Trinajstić information content (AvgIpc) is 3.44. The maximum Gasteiger partial charge on any atom is 0.330 e. The molecular weight excluding hydrogens is 460 g/mol. The number of ether oxygens (including phenoxy) is 2. The first kappa shape index (κ1) is 19.9. The summed E-state index contributed by atoms with van der Waals surface area (Å²) in [5.41, 5.74) is -1.81. The number of ketones is 1. The molecule has 1 aliphatic carbocycles. The Morgan fingerprint density at radius 3 is 2.45 bits per heavy atom. The molecule has 0 spiro atoms. The number of rotatable bonds is 4. The van der Waals surface area contributed by atoms with Crippen LogP contribution in [0.25, 0.3) is 10.8 Å². The molecule has 1 heterocycles. The van der Waals surface area contributed by atoms with E-state index in [0.717, 1.165) is 20.8 Å². The van der Waals surface area contributed by atoms with Crippen molar-refractivity contribution >= 4 is 44.4 Å². The lowest BCUT2D eigenvalue weighted by molar-refractivity contribution is -0.160. The minimum Gasteiger partial charge on any atom is -0.468 e. The van der Waals surface area contributed by atoms with Gasteiger partial charge in [-0.05, 0) is 35.4 Å². The van der Waals surface area contributed by atoms with Crippen LogP contribution in [0.2, 0.25) is 0 Å². The van der Waals surface area contributed by atoms with Crippen LogP contribution in [0.4, 0.5) is 0 Å². The van der Waals surface area contributed by atoms with Gasteiger partial charge < -0.3 is 9.47 Å². The van der Waals surface area contributed by atoms with Crippen molar-refractivity contribution in [3.63, 3.8) is 0 Å². The Labute approximate surface area is 187 Å². The van der Waals surface area contributed by atoms with Gasteiger partial charge in [0, 0.05) is 21.5 Å². The molecule has 1 fully saturated rings. The molecule has 1 saturated carbocycles. The number of carbonyl (C=O) groups is 3. The Kier molecular flexibility index (Phi) is 4.35. The van der Waals surface area contributed by atoms with E-state index in [1.54, 1.807) is 30.3 Å². The lowest BCUT2D eigenvalue weighted by Gasteiger charge is -2.23. The molecular formula is C25H19BrO5. The van der Waals surface area contributed by atoms with Gasteiger partial charge in [0.05, 0.1) is 12.5 Å². The molecule has 3 aromatic carbocycles. The van der Waals surface area contributed by atoms with E-state index >= 15 is 0 Å². The first-order valence-corrected chi connectivity index (χ1v) is 10.9. The van der Waals surface area contributed by atoms with Crippen LogP contribution >= 0.6 is 15.9 Å². The van der Waals surface area contributed by atoms with Crippen LogP contribution in [0.5, 0.6) is 5.75 Å². The smallest absolute Gasteiger partial charge is 0.330 e. The van der Waals surface area contributed by atoms with Crippen LogP contribution in [-0.4, -0.2) is 24.8 Å². The van der Waals surface area contributed by atoms with Gasteiger partial charge >= 0.3 is 11.9 Å². The van der Waals surface area contributed by atoms with E-state index in [1.165, 1.54) is 7.11 Å². The lowest BCUT2D eigenvalue weighted by atomic mass is 9.83. The largest absolute Gasteiger partial charge is 0.468 e. The highest BCUT2D eigenvalue weighted by atomic mass is 79.9. The maximum absolute atomic E-state index is 13.9. The quantitative estimate of drug-likeness (QED) is 0.227. The molecule has 0 bridgehead atoms. The summed E-state index contributed by atoms with van der Waals surface area (Å²) in [6.45, 7) is 1.83. The molecule has 2 aliphatic rings. The van der Waals surface area contributed by atoms with Gasteiger partial charge in [-0.15, -0.1) is 0 Å². The first-order chi connectivity index (χ1) is 14.9. The standard InChI is InChI=1S/C25H19BrO5/c1-3-24(21(27)15-8-11-16(26)12-9-15)20-19-17-7-5-4-6-14(17)10-13-18(19)31-23(29)25(20,24)22(28)30-2/h4-13,20H,3H2,1-2H3. The van der Waals surface area contributed by atoms with Crippen LogP contribution in [0.1, 0.15) is 35.2 Å². The molecule has 3 aromatic rings. The molecule has 6 heteroatoms. The topological polar surface area (TPSA) is 69.7 Å². The summed E-state index contributed by atoms with van der Waals surface area (Å²) in [6.07, 6.45) is 0.291. The summed E-state index contributed by atoms with van der Waals surface area (Å²) in [5.74, 6) is -1.97. The monoisotopic (exact) mass is 478 g/mol. The van der Waals surface area contributed by atoms with Crippen LogP contribution in [0.15, 0.2) is 65.1 Å². The fourth-order valence-electron chi connectivity index (χ4n) is 5.50. The summed E-state index contributed by atoms with van der Waals surface area (Å²) >= 11 is 3.38. The number of carbonyl (C=O) groups excluding carboxylic acids is 3. The van der Waals surface area contributed by atoms with Gasteiger partial charge in [-0.2, -0.15) is 0 Å². The van der Waals surface area contributed by atoms with Crippen LogP contribution in [0.3, 0.4) is 0 Å². The predicted molar refractivity (Wildman–Crippen MR) is 118 cm³/mol. The first-order valence-electron chi connectivity index (χ1n) is 10.1. The van der Waals surface area contributed by atoms with Crippen LogP contribution < -0.4 is 4.74 Å². The van der Waals surface area contributed by atoms with Gasteiger partial charge in [0.2, 0.25) is 0 Å². The minimum atomic E-state index is -1.70. The average molecular weight is 479 g/mol. The molecule has 5 nitrogen and oxygen atoms in total. The second-order valence-corrected chi connectivity index (χ2v) is 8.90. The Morgan fingerprint density at radius 2 is 1.77 bits per heavy atom. The normalized spacial score (nSPS) is 25.9. The molecule has 0 saturated heterocycles. The van der Waals surface area contributed by atoms with Crippen molar-refractivity contribution in [2.24, 2.45) is 10.8 Å². The van der Waals surface area contributed by atoms with E-state index < -0.39 is 28.7 Å². The third-order valence-corrected chi connectivity index (χ3v) is 7.40. The third kappa shape index (κ3) is 2.34. The van der Waals surface area contributed by atoms with Crippen molar-refractivity contribution in [3.8, 4) is 5.75 Å². The van der Waals surface area contributed by atoms with Crippen LogP contribution in [0, 0.1) is 10.8 Å². The van der Waals surface area contributed by atoms with Crippen molar-refractivity contribution in [1.82, 2.24) is 0 Å². The number of hydrogen-bond acceptors (Lipinski definition) is 5. The van der Waals surface area contributed by atoms with E-state index in [9.17, 15) is 14.4 Å². The molecule has 0 N–H and O–H groups in total. The Bertz CT molecular complexity index is 1260. The van der Waals surface area contributed by atoms with Crippen molar-refractivity contribution in [2.75, 3.05) is 7.11 Å². The van der Waals surface area contributed by atoms with Crippen molar-refractivity contribution in [1.29, 1.82) is 0 Å². The van der Waals surface area contributed by atoms with E-state index in [1.807, 2.05) is 37.3 Å². The summed E-state index contributed by atoms with van der Waals surface area (Å²) in [7, 11) is 1.24. The second-order valence-electron chi connectivity index (χ2n) is 7.98. The highest BCUT2D eigenvalue weighted by Gasteiger charge is 2.90. The van der Waals surface area contributed by atoms with Gasteiger partial charge in [-0.1, -0.05) is 65.3 Å². The number of fused-ring (bicyclic) bond motifs is 5. The van der Waals surface area contributed by atoms with Gasteiger partial charge in [0.15, 0.2) is 11.2 Å². The zero-order valence-electron chi connectivity index (χ0n) is 17.0. The van der Waals surface area contributed by atoms with E-state index in [2.05, 4.69) is 15.9 Å². The number of Topliss-reactive ketones (excluding diaryl/α,β-unsaturated/α-hetero) is 1. The van der Waals surface area contributed by atoms with E-state index in [4.69, 9.17) is 9.47 Å².